The molecular formula is C14H21BrN4O3. The van der Waals surface area contributed by atoms with Crippen LogP contribution in [-0.4, -0.2) is 64.0 Å². The first kappa shape index (κ1) is 17.0. The highest BCUT2D eigenvalue weighted by molar-refractivity contribution is 9.10. The Bertz CT molecular complexity index is 518. The lowest BCUT2D eigenvalue weighted by Crippen LogP contribution is -2.57. The van der Waals surface area contributed by atoms with Crippen LogP contribution < -0.4 is 4.90 Å². The van der Waals surface area contributed by atoms with Crippen LogP contribution in [0.15, 0.2) is 16.9 Å². The van der Waals surface area contributed by atoms with Crippen molar-refractivity contribution in [1.29, 1.82) is 0 Å². The van der Waals surface area contributed by atoms with Crippen LogP contribution in [0.5, 0.6) is 0 Å². The van der Waals surface area contributed by atoms with Crippen molar-refractivity contribution in [2.24, 2.45) is 0 Å². The Morgan fingerprint density at radius 2 is 2.05 bits per heavy atom. The molecular weight excluding hydrogens is 352 g/mol. The van der Waals surface area contributed by atoms with Gasteiger partial charge in [0, 0.05) is 32.0 Å². The molecule has 0 bridgehead atoms. The summed E-state index contributed by atoms with van der Waals surface area (Å²) >= 11 is 3.30. The van der Waals surface area contributed by atoms with Crippen molar-refractivity contribution in [2.45, 2.75) is 32.4 Å². The molecule has 1 amide bonds. The summed E-state index contributed by atoms with van der Waals surface area (Å²) in [6.07, 6.45) is 2.95. The smallest absolute Gasteiger partial charge is 0.410 e. The van der Waals surface area contributed by atoms with E-state index in [0.29, 0.717) is 25.6 Å². The minimum Gasteiger partial charge on any atom is -0.444 e. The van der Waals surface area contributed by atoms with Crippen LogP contribution in [0, 0.1) is 0 Å². The molecule has 7 nitrogen and oxygen atoms in total. The van der Waals surface area contributed by atoms with Gasteiger partial charge in [-0.05, 0) is 36.7 Å². The predicted molar refractivity (Wildman–Crippen MR) is 85.8 cm³/mol. The molecule has 0 aliphatic carbocycles. The normalized spacial score (nSPS) is 19.2. The van der Waals surface area contributed by atoms with Gasteiger partial charge in [-0.2, -0.15) is 0 Å². The molecule has 1 aromatic rings. The van der Waals surface area contributed by atoms with E-state index in [0.717, 1.165) is 4.47 Å². The predicted octanol–water partition coefficient (Wildman–Crippen LogP) is 1.66. The number of hydrogen-bond acceptors (Lipinski definition) is 6. The van der Waals surface area contributed by atoms with E-state index in [1.807, 2.05) is 25.7 Å². The molecule has 1 N–H and O–H groups in total. The number of ether oxygens (including phenoxy) is 1. The SMILES string of the molecule is CC(C)(C)OC(=O)N1CCN(c2ncc(Br)cn2)CC1CO. The molecule has 2 heterocycles. The van der Waals surface area contributed by atoms with Crippen LogP contribution in [0.25, 0.3) is 0 Å². The lowest BCUT2D eigenvalue weighted by atomic mass is 10.2. The molecule has 8 heteroatoms. The minimum absolute atomic E-state index is 0.133. The van der Waals surface area contributed by atoms with E-state index >= 15 is 0 Å². The van der Waals surface area contributed by atoms with Crippen molar-refractivity contribution in [3.63, 3.8) is 0 Å². The number of carbonyl (C=O) groups is 1. The third-order valence-electron chi connectivity index (χ3n) is 3.21. The monoisotopic (exact) mass is 372 g/mol. The van der Waals surface area contributed by atoms with Crippen molar-refractivity contribution < 1.29 is 14.6 Å². The van der Waals surface area contributed by atoms with Gasteiger partial charge < -0.3 is 14.7 Å². The number of rotatable bonds is 2. The quantitative estimate of drug-likeness (QED) is 0.850. The lowest BCUT2D eigenvalue weighted by molar-refractivity contribution is 0.00694. The number of amides is 1. The molecule has 0 radical (unpaired) electrons. The number of aliphatic hydroxyl groups excluding tert-OH is 1. The molecule has 22 heavy (non-hydrogen) atoms. The number of anilines is 1. The summed E-state index contributed by atoms with van der Waals surface area (Å²) in [5, 5.41) is 9.59. The van der Waals surface area contributed by atoms with Crippen molar-refractivity contribution in [2.75, 3.05) is 31.1 Å². The summed E-state index contributed by atoms with van der Waals surface area (Å²) in [4.78, 5) is 24.2. The highest BCUT2D eigenvalue weighted by atomic mass is 79.9. The van der Waals surface area contributed by atoms with Crippen LogP contribution in [0.2, 0.25) is 0 Å². The molecule has 1 aromatic heterocycles. The van der Waals surface area contributed by atoms with Gasteiger partial charge in [-0.15, -0.1) is 0 Å². The summed E-state index contributed by atoms with van der Waals surface area (Å²) in [5.74, 6) is 0.588. The Morgan fingerprint density at radius 3 is 2.59 bits per heavy atom. The second-order valence-corrected chi connectivity index (χ2v) is 7.07. The summed E-state index contributed by atoms with van der Waals surface area (Å²) in [5.41, 5.74) is -0.553. The fourth-order valence-electron chi connectivity index (χ4n) is 2.22. The summed E-state index contributed by atoms with van der Waals surface area (Å²) in [7, 11) is 0. The highest BCUT2D eigenvalue weighted by Gasteiger charge is 2.33. The van der Waals surface area contributed by atoms with E-state index < -0.39 is 11.7 Å². The average Bonchev–Trinajstić information content (AvgIpc) is 2.45. The zero-order chi connectivity index (χ0) is 16.3. The average molecular weight is 373 g/mol. The largest absolute Gasteiger partial charge is 0.444 e. The van der Waals surface area contributed by atoms with Gasteiger partial charge in [-0.3, -0.25) is 4.90 Å². The summed E-state index contributed by atoms with van der Waals surface area (Å²) < 4.78 is 6.19. The summed E-state index contributed by atoms with van der Waals surface area (Å²) in [6, 6.07) is -0.337. The molecule has 0 spiro atoms. The van der Waals surface area contributed by atoms with Gasteiger partial charge in [0.1, 0.15) is 5.60 Å². The maximum Gasteiger partial charge on any atom is 0.410 e. The third-order valence-corrected chi connectivity index (χ3v) is 3.62. The fraction of sp³-hybridized carbons (Fsp3) is 0.643. The molecule has 122 valence electrons. The number of nitrogens with zero attached hydrogens (tertiary/aromatic N) is 4. The number of aliphatic hydroxyl groups is 1. The Labute approximate surface area is 138 Å². The zero-order valence-electron chi connectivity index (χ0n) is 13.0. The van der Waals surface area contributed by atoms with Gasteiger partial charge in [-0.1, -0.05) is 0 Å². The van der Waals surface area contributed by atoms with Crippen LogP contribution >= 0.6 is 15.9 Å². The fourth-order valence-corrected chi connectivity index (χ4v) is 2.43. The van der Waals surface area contributed by atoms with Gasteiger partial charge in [0.15, 0.2) is 0 Å². The van der Waals surface area contributed by atoms with E-state index in [4.69, 9.17) is 4.74 Å². The zero-order valence-corrected chi connectivity index (χ0v) is 14.6. The Balaban J connectivity index is 2.05. The third kappa shape index (κ3) is 4.30. The molecule has 1 aliphatic heterocycles. The van der Waals surface area contributed by atoms with Crippen molar-refractivity contribution in [1.82, 2.24) is 14.9 Å². The van der Waals surface area contributed by atoms with Crippen molar-refractivity contribution in [3.05, 3.63) is 16.9 Å². The Morgan fingerprint density at radius 1 is 1.41 bits per heavy atom. The number of piperazine rings is 1. The van der Waals surface area contributed by atoms with Gasteiger partial charge in [0.05, 0.1) is 17.1 Å². The van der Waals surface area contributed by atoms with E-state index in [-0.39, 0.29) is 12.6 Å². The highest BCUT2D eigenvalue weighted by Crippen LogP contribution is 2.19. The van der Waals surface area contributed by atoms with Crippen molar-refractivity contribution in [3.8, 4) is 0 Å². The molecule has 1 atom stereocenters. The van der Waals surface area contributed by atoms with Gasteiger partial charge >= 0.3 is 6.09 Å². The maximum absolute atomic E-state index is 12.2. The second kappa shape index (κ2) is 6.78. The molecule has 1 fully saturated rings. The number of hydrogen-bond donors (Lipinski definition) is 1. The Hall–Kier alpha value is -1.41. The Kier molecular flexibility index (Phi) is 5.23. The standard InChI is InChI=1S/C14H21BrN4O3/c1-14(2,3)22-13(21)19-5-4-18(8-11(19)9-20)12-16-6-10(15)7-17-12/h6-7,11,20H,4-5,8-9H2,1-3H3. The molecule has 0 aromatic carbocycles. The van der Waals surface area contributed by atoms with Gasteiger partial charge in [0.25, 0.3) is 0 Å². The molecule has 1 aliphatic rings. The van der Waals surface area contributed by atoms with E-state index in [1.54, 1.807) is 17.3 Å². The van der Waals surface area contributed by atoms with Crippen LogP contribution in [0.4, 0.5) is 10.7 Å². The molecule has 0 saturated carbocycles. The molecule has 1 unspecified atom stereocenters. The van der Waals surface area contributed by atoms with Gasteiger partial charge in [-0.25, -0.2) is 14.8 Å². The number of carbonyl (C=O) groups excluding carboxylic acids is 1. The number of aromatic nitrogens is 2. The first-order valence-electron chi connectivity index (χ1n) is 7.13. The topological polar surface area (TPSA) is 78.8 Å². The van der Waals surface area contributed by atoms with Crippen LogP contribution in [0.1, 0.15) is 20.8 Å². The lowest BCUT2D eigenvalue weighted by Gasteiger charge is -2.40. The first-order valence-corrected chi connectivity index (χ1v) is 7.92. The second-order valence-electron chi connectivity index (χ2n) is 6.16. The van der Waals surface area contributed by atoms with Crippen LogP contribution in [-0.2, 0) is 4.74 Å². The minimum atomic E-state index is -0.553. The van der Waals surface area contributed by atoms with Crippen molar-refractivity contribution >= 4 is 28.0 Å². The molecule has 1 saturated heterocycles. The number of halogens is 1. The summed E-state index contributed by atoms with van der Waals surface area (Å²) in [6.45, 7) is 6.86. The van der Waals surface area contributed by atoms with Crippen LogP contribution in [0.3, 0.4) is 0 Å². The molecule has 2 rings (SSSR count). The van der Waals surface area contributed by atoms with E-state index in [9.17, 15) is 9.90 Å². The first-order chi connectivity index (χ1) is 10.3. The maximum atomic E-state index is 12.2. The van der Waals surface area contributed by atoms with E-state index in [1.165, 1.54) is 0 Å². The van der Waals surface area contributed by atoms with E-state index in [2.05, 4.69) is 25.9 Å². The van der Waals surface area contributed by atoms with Gasteiger partial charge in [0.2, 0.25) is 5.95 Å².